The standard InChI is InChI=1S/C31H25Cl2FN4OS/c32-23-8-4-20(5-9-23)29(21-6-10-24(33)11-7-21)40-31-36-35-30(22-2-1-3-25(34)18-22)38(31)27-14-12-26(13-15-27)37-17-16-28(39)19-37/h1-15,18,28-29,39H,16-17,19H2. The Labute approximate surface area is 246 Å². The molecule has 1 N–H and O–H groups in total. The molecule has 6 rings (SSSR count). The highest BCUT2D eigenvalue weighted by Crippen LogP contribution is 2.42. The first-order chi connectivity index (χ1) is 19.4. The summed E-state index contributed by atoms with van der Waals surface area (Å²) < 4.78 is 16.2. The molecule has 1 atom stereocenters. The van der Waals surface area contributed by atoms with Gasteiger partial charge in [0.25, 0.3) is 0 Å². The van der Waals surface area contributed by atoms with E-state index >= 15 is 0 Å². The molecule has 1 fully saturated rings. The Morgan fingerprint density at radius 1 is 0.825 bits per heavy atom. The van der Waals surface area contributed by atoms with Crippen molar-refractivity contribution in [1.29, 1.82) is 0 Å². The van der Waals surface area contributed by atoms with Crippen molar-refractivity contribution in [2.45, 2.75) is 22.9 Å². The van der Waals surface area contributed by atoms with Crippen molar-refractivity contribution in [2.24, 2.45) is 0 Å². The largest absolute Gasteiger partial charge is 0.391 e. The summed E-state index contributed by atoms with van der Waals surface area (Å²) in [6.07, 6.45) is 0.451. The summed E-state index contributed by atoms with van der Waals surface area (Å²) in [6, 6.07) is 30.0. The zero-order chi connectivity index (χ0) is 27.6. The molecule has 0 spiro atoms. The Hall–Kier alpha value is -3.36. The monoisotopic (exact) mass is 590 g/mol. The number of anilines is 1. The highest BCUT2D eigenvalue weighted by Gasteiger charge is 2.24. The van der Waals surface area contributed by atoms with E-state index in [4.69, 9.17) is 23.2 Å². The predicted molar refractivity (Wildman–Crippen MR) is 160 cm³/mol. The first kappa shape index (κ1) is 26.8. The number of aliphatic hydroxyl groups excluding tert-OH is 1. The van der Waals surface area contributed by atoms with Crippen LogP contribution in [0.3, 0.4) is 0 Å². The molecule has 1 aromatic heterocycles. The van der Waals surface area contributed by atoms with E-state index in [-0.39, 0.29) is 17.2 Å². The number of hydrogen-bond donors (Lipinski definition) is 1. The van der Waals surface area contributed by atoms with Crippen LogP contribution in [0.1, 0.15) is 22.8 Å². The van der Waals surface area contributed by atoms with Gasteiger partial charge in [0.1, 0.15) is 5.82 Å². The van der Waals surface area contributed by atoms with Gasteiger partial charge in [-0.25, -0.2) is 4.39 Å². The number of thioether (sulfide) groups is 1. The molecule has 5 aromatic rings. The first-order valence-electron chi connectivity index (χ1n) is 12.9. The maximum Gasteiger partial charge on any atom is 0.197 e. The second kappa shape index (κ2) is 11.6. The summed E-state index contributed by atoms with van der Waals surface area (Å²) in [6.45, 7) is 1.43. The van der Waals surface area contributed by atoms with Crippen molar-refractivity contribution in [1.82, 2.24) is 14.8 Å². The molecule has 2 heterocycles. The van der Waals surface area contributed by atoms with Gasteiger partial charge in [-0.2, -0.15) is 0 Å². The number of β-amino-alcohol motifs (C(OH)–C–C–N with tert-alkyl or cyclic N) is 1. The lowest BCUT2D eigenvalue weighted by molar-refractivity contribution is 0.198. The molecule has 1 aliphatic rings. The number of halogens is 3. The third-order valence-electron chi connectivity index (χ3n) is 6.92. The molecule has 4 aromatic carbocycles. The number of benzene rings is 4. The average molecular weight is 592 g/mol. The summed E-state index contributed by atoms with van der Waals surface area (Å²) in [5, 5.41) is 20.9. The van der Waals surface area contributed by atoms with Gasteiger partial charge in [0.05, 0.1) is 11.4 Å². The fourth-order valence-electron chi connectivity index (χ4n) is 4.89. The Morgan fingerprint density at radius 3 is 2.02 bits per heavy atom. The van der Waals surface area contributed by atoms with Crippen LogP contribution in [0.15, 0.2) is 102 Å². The van der Waals surface area contributed by atoms with Gasteiger partial charge in [-0.3, -0.25) is 4.57 Å². The summed E-state index contributed by atoms with van der Waals surface area (Å²) >= 11 is 13.9. The van der Waals surface area contributed by atoms with Crippen molar-refractivity contribution in [3.63, 3.8) is 0 Å². The molecule has 1 aliphatic heterocycles. The summed E-state index contributed by atoms with van der Waals surface area (Å²) in [5.41, 5.74) is 4.60. The molecule has 1 unspecified atom stereocenters. The third kappa shape index (κ3) is 5.74. The van der Waals surface area contributed by atoms with Gasteiger partial charge < -0.3 is 10.0 Å². The summed E-state index contributed by atoms with van der Waals surface area (Å²) in [4.78, 5) is 2.17. The van der Waals surface area contributed by atoms with E-state index < -0.39 is 0 Å². The molecule has 1 saturated heterocycles. The molecule has 0 radical (unpaired) electrons. The zero-order valence-corrected chi connectivity index (χ0v) is 23.6. The Bertz CT molecular complexity index is 1560. The summed E-state index contributed by atoms with van der Waals surface area (Å²) in [5.74, 6) is 0.196. The van der Waals surface area contributed by atoms with Gasteiger partial charge in [-0.1, -0.05) is 71.4 Å². The van der Waals surface area contributed by atoms with E-state index in [2.05, 4.69) is 15.1 Å². The van der Waals surface area contributed by atoms with Gasteiger partial charge in [-0.15, -0.1) is 10.2 Å². The molecule has 0 aliphatic carbocycles. The lowest BCUT2D eigenvalue weighted by Crippen LogP contribution is -2.20. The Morgan fingerprint density at radius 2 is 1.45 bits per heavy atom. The fourth-order valence-corrected chi connectivity index (χ4v) is 6.33. The van der Waals surface area contributed by atoms with Gasteiger partial charge >= 0.3 is 0 Å². The molecule has 0 bridgehead atoms. The minimum atomic E-state index is -0.343. The van der Waals surface area contributed by atoms with Gasteiger partial charge in [0.15, 0.2) is 11.0 Å². The van der Waals surface area contributed by atoms with E-state index in [1.54, 1.807) is 17.8 Å². The second-order valence-corrected chi connectivity index (χ2v) is 11.6. The maximum absolute atomic E-state index is 14.3. The lowest BCUT2D eigenvalue weighted by atomic mass is 10.0. The molecule has 0 saturated carbocycles. The van der Waals surface area contributed by atoms with Crippen LogP contribution < -0.4 is 4.90 Å². The lowest BCUT2D eigenvalue weighted by Gasteiger charge is -2.20. The van der Waals surface area contributed by atoms with E-state index in [1.807, 2.05) is 83.4 Å². The molecule has 202 valence electrons. The molecule has 40 heavy (non-hydrogen) atoms. The highest BCUT2D eigenvalue weighted by molar-refractivity contribution is 7.99. The van der Waals surface area contributed by atoms with Crippen molar-refractivity contribution in [2.75, 3.05) is 18.0 Å². The van der Waals surface area contributed by atoms with Crippen LogP contribution in [0, 0.1) is 5.82 Å². The zero-order valence-electron chi connectivity index (χ0n) is 21.3. The maximum atomic E-state index is 14.3. The molecular weight excluding hydrogens is 566 g/mol. The molecule has 0 amide bonds. The minimum Gasteiger partial charge on any atom is -0.391 e. The van der Waals surface area contributed by atoms with Crippen molar-refractivity contribution in [3.05, 3.63) is 124 Å². The summed E-state index contributed by atoms with van der Waals surface area (Å²) in [7, 11) is 0. The Balaban J connectivity index is 1.44. The van der Waals surface area contributed by atoms with Crippen LogP contribution in [-0.2, 0) is 0 Å². The molecule has 9 heteroatoms. The number of rotatable bonds is 7. The number of hydrogen-bond acceptors (Lipinski definition) is 5. The van der Waals surface area contributed by atoms with Crippen LogP contribution >= 0.6 is 35.0 Å². The average Bonchev–Trinajstić information content (AvgIpc) is 3.59. The van der Waals surface area contributed by atoms with Gasteiger partial charge in [-0.05, 0) is 78.2 Å². The van der Waals surface area contributed by atoms with Crippen molar-refractivity contribution in [3.8, 4) is 17.1 Å². The van der Waals surface area contributed by atoms with Crippen LogP contribution in [0.2, 0.25) is 10.0 Å². The number of nitrogens with zero attached hydrogens (tertiary/aromatic N) is 4. The van der Waals surface area contributed by atoms with E-state index in [1.165, 1.54) is 12.1 Å². The van der Waals surface area contributed by atoms with Crippen molar-refractivity contribution < 1.29 is 9.50 Å². The van der Waals surface area contributed by atoms with Crippen LogP contribution in [0.5, 0.6) is 0 Å². The Kier molecular flexibility index (Phi) is 7.80. The quantitative estimate of drug-likeness (QED) is 0.196. The SMILES string of the molecule is OC1CCN(c2ccc(-n3c(SC(c4ccc(Cl)cc4)c4ccc(Cl)cc4)nnc3-c3cccc(F)c3)cc2)C1. The minimum absolute atomic E-state index is 0.136. The topological polar surface area (TPSA) is 54.2 Å². The fraction of sp³-hybridized carbons (Fsp3) is 0.161. The van der Waals surface area contributed by atoms with Gasteiger partial charge in [0.2, 0.25) is 0 Å². The first-order valence-corrected chi connectivity index (χ1v) is 14.5. The van der Waals surface area contributed by atoms with Crippen LogP contribution in [0.4, 0.5) is 10.1 Å². The van der Waals surface area contributed by atoms with Crippen LogP contribution in [0.25, 0.3) is 17.1 Å². The molecular formula is C31H25Cl2FN4OS. The molecule has 5 nitrogen and oxygen atoms in total. The smallest absolute Gasteiger partial charge is 0.197 e. The second-order valence-electron chi connectivity index (χ2n) is 9.66. The van der Waals surface area contributed by atoms with E-state index in [9.17, 15) is 9.50 Å². The van der Waals surface area contributed by atoms with E-state index in [0.29, 0.717) is 33.1 Å². The predicted octanol–water partition coefficient (Wildman–Crippen LogP) is 7.83. The van der Waals surface area contributed by atoms with Crippen LogP contribution in [-0.4, -0.2) is 39.1 Å². The number of aliphatic hydroxyl groups is 1. The normalized spacial score (nSPS) is 15.2. The number of aromatic nitrogens is 3. The van der Waals surface area contributed by atoms with E-state index in [0.717, 1.165) is 35.5 Å². The highest BCUT2D eigenvalue weighted by atomic mass is 35.5. The third-order valence-corrected chi connectivity index (χ3v) is 8.68. The van der Waals surface area contributed by atoms with Crippen molar-refractivity contribution >= 4 is 40.7 Å². The van der Waals surface area contributed by atoms with Gasteiger partial charge in [0, 0.05) is 40.1 Å².